The number of carbonyl (C=O) groups excluding carboxylic acids is 2. The lowest BCUT2D eigenvalue weighted by Crippen LogP contribution is -2.45. The van der Waals surface area contributed by atoms with Crippen LogP contribution in [0.25, 0.3) is 0 Å². The minimum absolute atomic E-state index is 0.0617. The van der Waals surface area contributed by atoms with Crippen molar-refractivity contribution in [1.82, 2.24) is 0 Å². The van der Waals surface area contributed by atoms with Gasteiger partial charge in [-0.2, -0.15) is 0 Å². The van der Waals surface area contributed by atoms with E-state index in [9.17, 15) is 18.0 Å². The highest BCUT2D eigenvalue weighted by atomic mass is 32.2. The van der Waals surface area contributed by atoms with E-state index in [-0.39, 0.29) is 22.9 Å². The maximum atomic E-state index is 12.9. The second kappa shape index (κ2) is 5.51. The molecule has 2 aliphatic carbocycles. The Hall–Kier alpha value is -1.49. The molecule has 130 valence electrons. The standard InChI is InChI=1S/C19H24O4S/c1-13(17(21)14-7-5-4-6-8-14)24(22,23)12-19-10-9-15(11-16(19)20)18(19,2)3/h4-8,13,15H,9-12H2,1-3H3/t13?,15-,19-/m1/s1. The summed E-state index contributed by atoms with van der Waals surface area (Å²) in [4.78, 5) is 25.1. The first-order valence-electron chi connectivity index (χ1n) is 8.46. The Labute approximate surface area is 143 Å². The van der Waals surface area contributed by atoms with Crippen molar-refractivity contribution in [1.29, 1.82) is 0 Å². The molecule has 0 spiro atoms. The van der Waals surface area contributed by atoms with Crippen LogP contribution in [0.3, 0.4) is 0 Å². The number of rotatable bonds is 5. The first kappa shape index (κ1) is 17.3. The molecule has 24 heavy (non-hydrogen) atoms. The van der Waals surface area contributed by atoms with E-state index in [2.05, 4.69) is 0 Å². The highest BCUT2D eigenvalue weighted by Crippen LogP contribution is 2.64. The molecular weight excluding hydrogens is 324 g/mol. The van der Waals surface area contributed by atoms with E-state index in [0.29, 0.717) is 18.4 Å². The van der Waals surface area contributed by atoms with Crippen molar-refractivity contribution in [2.24, 2.45) is 16.7 Å². The molecule has 0 radical (unpaired) electrons. The zero-order chi connectivity index (χ0) is 17.8. The lowest BCUT2D eigenvalue weighted by Gasteiger charge is -2.36. The Kier molecular flexibility index (Phi) is 3.98. The minimum atomic E-state index is -3.71. The van der Waals surface area contributed by atoms with Crippen molar-refractivity contribution >= 4 is 21.4 Å². The van der Waals surface area contributed by atoms with Gasteiger partial charge in [0.05, 0.1) is 5.75 Å². The van der Waals surface area contributed by atoms with Gasteiger partial charge in [0.1, 0.15) is 11.0 Å². The summed E-state index contributed by atoms with van der Waals surface area (Å²) in [7, 11) is -3.71. The summed E-state index contributed by atoms with van der Waals surface area (Å²) >= 11 is 0. The van der Waals surface area contributed by atoms with Crippen LogP contribution in [0.15, 0.2) is 30.3 Å². The summed E-state index contributed by atoms with van der Waals surface area (Å²) in [5.74, 6) is -0.279. The zero-order valence-corrected chi connectivity index (χ0v) is 15.2. The molecule has 0 heterocycles. The van der Waals surface area contributed by atoms with Crippen molar-refractivity contribution in [3.8, 4) is 0 Å². The van der Waals surface area contributed by atoms with Gasteiger partial charge in [-0.3, -0.25) is 9.59 Å². The summed E-state index contributed by atoms with van der Waals surface area (Å²) in [6.07, 6.45) is 1.99. The molecule has 2 fully saturated rings. The van der Waals surface area contributed by atoms with Gasteiger partial charge in [-0.25, -0.2) is 8.42 Å². The number of hydrogen-bond donors (Lipinski definition) is 0. The summed E-state index contributed by atoms with van der Waals surface area (Å²) in [5.41, 5.74) is -0.735. The van der Waals surface area contributed by atoms with Crippen LogP contribution in [-0.2, 0) is 14.6 Å². The second-order valence-electron chi connectivity index (χ2n) is 7.85. The first-order valence-corrected chi connectivity index (χ1v) is 10.2. The highest BCUT2D eigenvalue weighted by Gasteiger charge is 2.65. The average Bonchev–Trinajstić information content (AvgIpc) is 2.88. The van der Waals surface area contributed by atoms with Crippen molar-refractivity contribution in [2.75, 3.05) is 5.75 Å². The van der Waals surface area contributed by atoms with Crippen molar-refractivity contribution in [3.63, 3.8) is 0 Å². The smallest absolute Gasteiger partial charge is 0.180 e. The molecule has 4 nitrogen and oxygen atoms in total. The monoisotopic (exact) mass is 348 g/mol. The Morgan fingerprint density at radius 2 is 1.88 bits per heavy atom. The van der Waals surface area contributed by atoms with Gasteiger partial charge in [0.25, 0.3) is 0 Å². The number of fused-ring (bicyclic) bond motifs is 2. The van der Waals surface area contributed by atoms with Crippen LogP contribution in [0, 0.1) is 16.7 Å². The maximum Gasteiger partial charge on any atom is 0.180 e. The molecule has 0 aromatic heterocycles. The fourth-order valence-electron chi connectivity index (χ4n) is 4.58. The average molecular weight is 348 g/mol. The highest BCUT2D eigenvalue weighted by molar-refractivity contribution is 7.92. The van der Waals surface area contributed by atoms with Crippen LogP contribution in [0.5, 0.6) is 0 Å². The SMILES string of the molecule is CC(C(=O)c1ccccc1)S(=O)(=O)C[C@]12CC[C@H](CC1=O)C2(C)C. The van der Waals surface area contributed by atoms with Gasteiger partial charge in [0.15, 0.2) is 15.6 Å². The molecule has 0 amide bonds. The third kappa shape index (κ3) is 2.36. The number of carbonyl (C=O) groups is 2. The number of benzene rings is 1. The molecule has 0 saturated heterocycles. The lowest BCUT2D eigenvalue weighted by atomic mass is 9.70. The van der Waals surface area contributed by atoms with E-state index < -0.39 is 26.3 Å². The summed E-state index contributed by atoms with van der Waals surface area (Å²) < 4.78 is 25.9. The fourth-order valence-corrected chi connectivity index (χ4v) is 6.65. The Bertz CT molecular complexity index is 779. The topological polar surface area (TPSA) is 68.3 Å². The number of hydrogen-bond acceptors (Lipinski definition) is 4. The van der Waals surface area contributed by atoms with Crippen molar-refractivity contribution in [2.45, 2.75) is 45.3 Å². The third-order valence-corrected chi connectivity index (χ3v) is 8.74. The molecule has 1 aromatic rings. The molecule has 3 atom stereocenters. The van der Waals surface area contributed by atoms with E-state index in [1.807, 2.05) is 13.8 Å². The Balaban J connectivity index is 1.89. The predicted octanol–water partition coefficient (Wildman–Crippen LogP) is 3.07. The van der Waals surface area contributed by atoms with E-state index in [1.165, 1.54) is 6.92 Å². The molecule has 1 unspecified atom stereocenters. The Morgan fingerprint density at radius 1 is 1.25 bits per heavy atom. The molecule has 1 aromatic carbocycles. The second-order valence-corrected chi connectivity index (χ2v) is 10.2. The largest absolute Gasteiger partial charge is 0.299 e. The molecule has 2 aliphatic rings. The van der Waals surface area contributed by atoms with Crippen LogP contribution < -0.4 is 0 Å². The number of ketones is 2. The zero-order valence-electron chi connectivity index (χ0n) is 14.4. The maximum absolute atomic E-state index is 12.9. The van der Waals surface area contributed by atoms with E-state index >= 15 is 0 Å². The van der Waals surface area contributed by atoms with Crippen molar-refractivity contribution in [3.05, 3.63) is 35.9 Å². The van der Waals surface area contributed by atoms with Gasteiger partial charge in [0, 0.05) is 17.4 Å². The van der Waals surface area contributed by atoms with Crippen LogP contribution in [-0.4, -0.2) is 31.0 Å². The quantitative estimate of drug-likeness (QED) is 0.767. The normalized spacial score (nSPS) is 29.6. The lowest BCUT2D eigenvalue weighted by molar-refractivity contribution is -0.128. The van der Waals surface area contributed by atoms with Gasteiger partial charge >= 0.3 is 0 Å². The molecular formula is C19H24O4S. The van der Waals surface area contributed by atoms with E-state index in [4.69, 9.17) is 0 Å². The fraction of sp³-hybridized carbons (Fsp3) is 0.579. The molecule has 2 saturated carbocycles. The molecule has 5 heteroatoms. The number of Topliss-reactive ketones (excluding diaryl/α,β-unsaturated/α-hetero) is 2. The van der Waals surface area contributed by atoms with Gasteiger partial charge in [-0.1, -0.05) is 44.2 Å². The van der Waals surface area contributed by atoms with Gasteiger partial charge in [-0.15, -0.1) is 0 Å². The minimum Gasteiger partial charge on any atom is -0.299 e. The van der Waals surface area contributed by atoms with E-state index in [1.54, 1.807) is 30.3 Å². The van der Waals surface area contributed by atoms with E-state index in [0.717, 1.165) is 6.42 Å². The summed E-state index contributed by atoms with van der Waals surface area (Å²) in [6, 6.07) is 8.48. The first-order chi connectivity index (χ1) is 11.1. The van der Waals surface area contributed by atoms with Crippen molar-refractivity contribution < 1.29 is 18.0 Å². The van der Waals surface area contributed by atoms with Gasteiger partial charge in [0.2, 0.25) is 0 Å². The summed E-state index contributed by atoms with van der Waals surface area (Å²) in [5, 5.41) is -1.13. The van der Waals surface area contributed by atoms with Crippen LogP contribution in [0.1, 0.15) is 50.4 Å². The molecule has 3 rings (SSSR count). The third-order valence-electron chi connectivity index (χ3n) is 6.55. The van der Waals surface area contributed by atoms with Gasteiger partial charge < -0.3 is 0 Å². The van der Waals surface area contributed by atoms with Gasteiger partial charge in [-0.05, 0) is 31.1 Å². The Morgan fingerprint density at radius 3 is 2.38 bits per heavy atom. The predicted molar refractivity (Wildman–Crippen MR) is 92.6 cm³/mol. The van der Waals surface area contributed by atoms with Crippen LogP contribution in [0.2, 0.25) is 0 Å². The van der Waals surface area contributed by atoms with Crippen LogP contribution >= 0.6 is 0 Å². The molecule has 2 bridgehead atoms. The molecule has 0 N–H and O–H groups in total. The summed E-state index contributed by atoms with van der Waals surface area (Å²) in [6.45, 7) is 5.46. The molecule has 0 aliphatic heterocycles. The number of sulfone groups is 1. The van der Waals surface area contributed by atoms with Crippen LogP contribution in [0.4, 0.5) is 0 Å².